The highest BCUT2D eigenvalue weighted by atomic mass is 19.1. The second-order valence-electron chi connectivity index (χ2n) is 6.30. The number of nitrogens with zero attached hydrogens (tertiary/aromatic N) is 2. The lowest BCUT2D eigenvalue weighted by Gasteiger charge is -2.32. The molecule has 1 aromatic heterocycles. The SMILES string of the molecule is Cn1cc2ccc(B3OC(C)(C)C(C)(C)O3)c(F)c2n1. The number of aryl methyl sites for hydroxylation is 1. The number of fused-ring (bicyclic) bond motifs is 1. The molecular formula is C14H18BFN2O2. The normalized spacial score (nSPS) is 20.8. The molecule has 1 aromatic carbocycles. The van der Waals surface area contributed by atoms with Gasteiger partial charge in [0.05, 0.1) is 11.2 Å². The Balaban J connectivity index is 2.06. The molecule has 0 amide bonds. The minimum absolute atomic E-state index is 0.347. The quantitative estimate of drug-likeness (QED) is 0.747. The first-order valence-electron chi connectivity index (χ1n) is 6.69. The number of rotatable bonds is 1. The molecule has 1 fully saturated rings. The lowest BCUT2D eigenvalue weighted by molar-refractivity contribution is 0.00578. The number of hydrogen-bond donors (Lipinski definition) is 0. The van der Waals surface area contributed by atoms with E-state index in [0.717, 1.165) is 5.39 Å². The molecule has 0 bridgehead atoms. The molecule has 1 aliphatic rings. The molecule has 4 nitrogen and oxygen atoms in total. The molecule has 20 heavy (non-hydrogen) atoms. The van der Waals surface area contributed by atoms with Crippen molar-refractivity contribution in [3.05, 3.63) is 24.1 Å². The summed E-state index contributed by atoms with van der Waals surface area (Å²) >= 11 is 0. The Hall–Kier alpha value is -1.40. The number of aromatic nitrogens is 2. The first-order chi connectivity index (χ1) is 9.21. The monoisotopic (exact) mass is 276 g/mol. The van der Waals surface area contributed by atoms with Crippen LogP contribution >= 0.6 is 0 Å². The molecule has 0 unspecified atom stereocenters. The standard InChI is InChI=1S/C14H18BFN2O2/c1-13(2)14(3,4)20-15(19-13)10-7-6-9-8-18(5)17-12(9)11(10)16/h6-8H,1-5H3. The van der Waals surface area contributed by atoms with E-state index < -0.39 is 18.3 Å². The zero-order valence-electron chi connectivity index (χ0n) is 12.4. The Morgan fingerprint density at radius 1 is 1.15 bits per heavy atom. The molecular weight excluding hydrogens is 258 g/mol. The third-order valence-electron chi connectivity index (χ3n) is 4.27. The molecule has 1 aliphatic heterocycles. The van der Waals surface area contributed by atoms with Gasteiger partial charge in [-0.05, 0) is 27.7 Å². The van der Waals surface area contributed by atoms with Gasteiger partial charge < -0.3 is 9.31 Å². The van der Waals surface area contributed by atoms with Crippen LogP contribution in [0.4, 0.5) is 4.39 Å². The van der Waals surface area contributed by atoms with E-state index in [1.807, 2.05) is 33.8 Å². The lowest BCUT2D eigenvalue weighted by Crippen LogP contribution is -2.41. The van der Waals surface area contributed by atoms with Crippen LogP contribution in [0, 0.1) is 5.82 Å². The van der Waals surface area contributed by atoms with Gasteiger partial charge in [0.1, 0.15) is 5.52 Å². The van der Waals surface area contributed by atoms with E-state index in [0.29, 0.717) is 11.0 Å². The van der Waals surface area contributed by atoms with Gasteiger partial charge in [-0.3, -0.25) is 4.68 Å². The summed E-state index contributed by atoms with van der Waals surface area (Å²) in [5.74, 6) is -0.374. The minimum atomic E-state index is -0.702. The summed E-state index contributed by atoms with van der Waals surface area (Å²) in [5.41, 5.74) is -0.221. The third kappa shape index (κ3) is 1.86. The van der Waals surface area contributed by atoms with Crippen molar-refractivity contribution < 1.29 is 13.7 Å². The first-order valence-corrected chi connectivity index (χ1v) is 6.69. The van der Waals surface area contributed by atoms with Gasteiger partial charge >= 0.3 is 7.12 Å². The van der Waals surface area contributed by atoms with E-state index in [2.05, 4.69) is 5.10 Å². The van der Waals surface area contributed by atoms with Gasteiger partial charge in [0.15, 0.2) is 5.82 Å². The molecule has 0 N–H and O–H groups in total. The van der Waals surface area contributed by atoms with Crippen molar-refractivity contribution in [3.8, 4) is 0 Å². The van der Waals surface area contributed by atoms with E-state index in [4.69, 9.17) is 9.31 Å². The molecule has 2 heterocycles. The smallest absolute Gasteiger partial charge is 0.399 e. The topological polar surface area (TPSA) is 36.3 Å². The molecule has 0 aliphatic carbocycles. The largest absolute Gasteiger partial charge is 0.497 e. The van der Waals surface area contributed by atoms with Gasteiger partial charge in [-0.15, -0.1) is 0 Å². The molecule has 0 spiro atoms. The molecule has 2 aromatic rings. The maximum atomic E-state index is 14.6. The summed E-state index contributed by atoms with van der Waals surface area (Å²) < 4.78 is 28.0. The van der Waals surface area contributed by atoms with E-state index in [1.165, 1.54) is 0 Å². The number of benzene rings is 1. The molecule has 0 saturated carbocycles. The van der Waals surface area contributed by atoms with Crippen molar-refractivity contribution in [1.82, 2.24) is 9.78 Å². The number of hydrogen-bond acceptors (Lipinski definition) is 3. The molecule has 0 atom stereocenters. The van der Waals surface area contributed by atoms with E-state index in [1.54, 1.807) is 24.0 Å². The van der Waals surface area contributed by atoms with Gasteiger partial charge in [-0.1, -0.05) is 12.1 Å². The first kappa shape index (κ1) is 13.6. The highest BCUT2D eigenvalue weighted by Crippen LogP contribution is 2.36. The second-order valence-corrected chi connectivity index (χ2v) is 6.30. The predicted octanol–water partition coefficient (Wildman–Crippen LogP) is 2.01. The summed E-state index contributed by atoms with van der Waals surface area (Å²) in [6.45, 7) is 7.79. The van der Waals surface area contributed by atoms with Gasteiger partial charge in [-0.25, -0.2) is 4.39 Å². The van der Waals surface area contributed by atoms with Crippen LogP contribution in [-0.2, 0) is 16.4 Å². The van der Waals surface area contributed by atoms with E-state index in [-0.39, 0.29) is 5.82 Å². The zero-order chi connectivity index (χ0) is 14.7. The zero-order valence-corrected chi connectivity index (χ0v) is 12.4. The van der Waals surface area contributed by atoms with Crippen LogP contribution in [-0.4, -0.2) is 28.1 Å². The van der Waals surface area contributed by atoms with Crippen LogP contribution in [0.1, 0.15) is 27.7 Å². The fourth-order valence-corrected chi connectivity index (χ4v) is 2.34. The second kappa shape index (κ2) is 4.05. The van der Waals surface area contributed by atoms with E-state index >= 15 is 0 Å². The Bertz CT molecular complexity index is 665. The summed E-state index contributed by atoms with van der Waals surface area (Å²) in [6.07, 6.45) is 1.78. The van der Waals surface area contributed by atoms with Crippen LogP contribution in [0.5, 0.6) is 0 Å². The highest BCUT2D eigenvalue weighted by Gasteiger charge is 2.52. The maximum Gasteiger partial charge on any atom is 0.497 e. The van der Waals surface area contributed by atoms with E-state index in [9.17, 15) is 4.39 Å². The summed E-state index contributed by atoms with van der Waals surface area (Å²) in [7, 11) is 1.07. The predicted molar refractivity (Wildman–Crippen MR) is 76.4 cm³/mol. The Morgan fingerprint density at radius 2 is 1.75 bits per heavy atom. The fourth-order valence-electron chi connectivity index (χ4n) is 2.34. The summed E-state index contributed by atoms with van der Waals surface area (Å²) in [6, 6.07) is 3.55. The van der Waals surface area contributed by atoms with Crippen molar-refractivity contribution in [2.45, 2.75) is 38.9 Å². The molecule has 0 radical (unpaired) electrons. The van der Waals surface area contributed by atoms with Crippen LogP contribution < -0.4 is 5.46 Å². The van der Waals surface area contributed by atoms with Crippen LogP contribution in [0.2, 0.25) is 0 Å². The van der Waals surface area contributed by atoms with Crippen LogP contribution in [0.3, 0.4) is 0 Å². The van der Waals surface area contributed by atoms with Crippen molar-refractivity contribution >= 4 is 23.5 Å². The Morgan fingerprint density at radius 3 is 2.35 bits per heavy atom. The summed E-state index contributed by atoms with van der Waals surface area (Å²) in [5, 5.41) is 4.92. The van der Waals surface area contributed by atoms with Crippen LogP contribution in [0.15, 0.2) is 18.3 Å². The lowest BCUT2D eigenvalue weighted by atomic mass is 9.78. The van der Waals surface area contributed by atoms with Crippen molar-refractivity contribution in [1.29, 1.82) is 0 Å². The van der Waals surface area contributed by atoms with Gasteiger partial charge in [0.25, 0.3) is 0 Å². The van der Waals surface area contributed by atoms with Crippen molar-refractivity contribution in [2.24, 2.45) is 7.05 Å². The van der Waals surface area contributed by atoms with Gasteiger partial charge in [-0.2, -0.15) is 5.10 Å². The van der Waals surface area contributed by atoms with Crippen molar-refractivity contribution in [3.63, 3.8) is 0 Å². The Labute approximate surface area is 118 Å². The van der Waals surface area contributed by atoms with Crippen LogP contribution in [0.25, 0.3) is 10.9 Å². The van der Waals surface area contributed by atoms with Gasteiger partial charge in [0, 0.05) is 24.1 Å². The number of halogens is 1. The third-order valence-corrected chi connectivity index (χ3v) is 4.27. The fraction of sp³-hybridized carbons (Fsp3) is 0.500. The minimum Gasteiger partial charge on any atom is -0.399 e. The molecule has 106 valence electrons. The van der Waals surface area contributed by atoms with Gasteiger partial charge in [0.2, 0.25) is 0 Å². The summed E-state index contributed by atoms with van der Waals surface area (Å²) in [4.78, 5) is 0. The average Bonchev–Trinajstić information content (AvgIpc) is 2.78. The molecule has 6 heteroatoms. The average molecular weight is 276 g/mol. The molecule has 1 saturated heterocycles. The molecule has 3 rings (SSSR count). The van der Waals surface area contributed by atoms with Crippen molar-refractivity contribution in [2.75, 3.05) is 0 Å². The maximum absolute atomic E-state index is 14.6. The highest BCUT2D eigenvalue weighted by molar-refractivity contribution is 6.62. The Kier molecular flexibility index (Phi) is 2.75.